The third kappa shape index (κ3) is 3.81. The van der Waals surface area contributed by atoms with Crippen molar-refractivity contribution in [2.24, 2.45) is 5.92 Å². The van der Waals surface area contributed by atoms with E-state index in [0.29, 0.717) is 17.6 Å². The Morgan fingerprint density at radius 1 is 1.15 bits per heavy atom. The average molecular weight is 460 g/mol. The maximum atomic E-state index is 13.5. The van der Waals surface area contributed by atoms with Crippen molar-refractivity contribution in [2.45, 2.75) is 52.0 Å². The third-order valence-corrected chi connectivity index (χ3v) is 6.74. The Labute approximate surface area is 195 Å². The average Bonchev–Trinajstić information content (AvgIpc) is 3.54. The van der Waals surface area contributed by atoms with Gasteiger partial charge in [0.2, 0.25) is 0 Å². The summed E-state index contributed by atoms with van der Waals surface area (Å²) in [7, 11) is 0. The van der Waals surface area contributed by atoms with Crippen LogP contribution in [0.1, 0.15) is 42.5 Å². The SMILES string of the molecule is Cc1c(-c2ccc(F)cc2)nn(CC2CC2)c1Nc1cc(-n2[nH]c3c(c2=O)CCCC3)ncn1. The molecule has 2 aliphatic carbocycles. The van der Waals surface area contributed by atoms with Gasteiger partial charge in [0.15, 0.2) is 5.82 Å². The van der Waals surface area contributed by atoms with E-state index in [-0.39, 0.29) is 11.4 Å². The van der Waals surface area contributed by atoms with Crippen LogP contribution in [0.15, 0.2) is 41.5 Å². The fraction of sp³-hybridized carbons (Fsp3) is 0.360. The zero-order chi connectivity index (χ0) is 23.2. The summed E-state index contributed by atoms with van der Waals surface area (Å²) in [5.74, 6) is 2.27. The highest BCUT2D eigenvalue weighted by Crippen LogP contribution is 2.35. The van der Waals surface area contributed by atoms with Gasteiger partial charge >= 0.3 is 0 Å². The molecule has 0 radical (unpaired) electrons. The molecule has 0 aliphatic heterocycles. The Hall–Kier alpha value is -3.75. The first-order valence-electron chi connectivity index (χ1n) is 11.8. The summed E-state index contributed by atoms with van der Waals surface area (Å²) in [5, 5.41) is 11.5. The van der Waals surface area contributed by atoms with Crippen LogP contribution in [0.4, 0.5) is 16.0 Å². The molecule has 1 fully saturated rings. The van der Waals surface area contributed by atoms with E-state index < -0.39 is 0 Å². The number of aryl methyl sites for hydroxylation is 1. The lowest BCUT2D eigenvalue weighted by molar-refractivity contribution is 0.571. The Kier molecular flexibility index (Phi) is 5.04. The molecule has 0 amide bonds. The van der Waals surface area contributed by atoms with Crippen molar-refractivity contribution in [1.29, 1.82) is 0 Å². The van der Waals surface area contributed by atoms with Crippen LogP contribution < -0.4 is 10.9 Å². The second kappa shape index (κ2) is 8.23. The van der Waals surface area contributed by atoms with Crippen LogP contribution in [0.25, 0.3) is 17.1 Å². The van der Waals surface area contributed by atoms with Gasteiger partial charge in [-0.25, -0.2) is 23.7 Å². The van der Waals surface area contributed by atoms with Gasteiger partial charge in [0.25, 0.3) is 5.56 Å². The van der Waals surface area contributed by atoms with Crippen molar-refractivity contribution < 1.29 is 4.39 Å². The molecule has 2 N–H and O–H groups in total. The highest BCUT2D eigenvalue weighted by Gasteiger charge is 2.26. The van der Waals surface area contributed by atoms with Crippen LogP contribution in [0, 0.1) is 18.7 Å². The van der Waals surface area contributed by atoms with E-state index >= 15 is 0 Å². The zero-order valence-corrected chi connectivity index (χ0v) is 19.0. The Balaban J connectivity index is 1.36. The molecule has 0 bridgehead atoms. The van der Waals surface area contributed by atoms with Gasteiger partial charge in [-0.15, -0.1) is 0 Å². The molecule has 0 unspecified atom stereocenters. The predicted octanol–water partition coefficient (Wildman–Crippen LogP) is 4.30. The Morgan fingerprint density at radius 3 is 2.71 bits per heavy atom. The van der Waals surface area contributed by atoms with Crippen LogP contribution >= 0.6 is 0 Å². The molecule has 9 heteroatoms. The van der Waals surface area contributed by atoms with Crippen molar-refractivity contribution in [1.82, 2.24) is 29.5 Å². The number of nitrogens with zero attached hydrogens (tertiary/aromatic N) is 5. The third-order valence-electron chi connectivity index (χ3n) is 6.74. The van der Waals surface area contributed by atoms with Crippen molar-refractivity contribution in [3.63, 3.8) is 0 Å². The van der Waals surface area contributed by atoms with Crippen LogP contribution in [-0.4, -0.2) is 29.5 Å². The Bertz CT molecular complexity index is 1410. The van der Waals surface area contributed by atoms with E-state index in [1.165, 1.54) is 36.0 Å². The fourth-order valence-corrected chi connectivity index (χ4v) is 4.67. The molecule has 4 aromatic rings. The fourth-order valence-electron chi connectivity index (χ4n) is 4.67. The van der Waals surface area contributed by atoms with Crippen molar-refractivity contribution in [3.8, 4) is 17.1 Å². The first-order chi connectivity index (χ1) is 16.6. The highest BCUT2D eigenvalue weighted by atomic mass is 19.1. The summed E-state index contributed by atoms with van der Waals surface area (Å²) in [6.45, 7) is 2.81. The van der Waals surface area contributed by atoms with E-state index in [1.807, 2.05) is 11.6 Å². The number of aromatic nitrogens is 6. The summed E-state index contributed by atoms with van der Waals surface area (Å²) in [6, 6.07) is 8.17. The molecular formula is C25H26FN7O. The van der Waals surface area contributed by atoms with Crippen molar-refractivity contribution in [3.05, 3.63) is 69.7 Å². The number of hydrogen-bond acceptors (Lipinski definition) is 5. The molecule has 3 aromatic heterocycles. The highest BCUT2D eigenvalue weighted by molar-refractivity contribution is 5.71. The lowest BCUT2D eigenvalue weighted by Gasteiger charge is -2.11. The largest absolute Gasteiger partial charge is 0.325 e. The van der Waals surface area contributed by atoms with Gasteiger partial charge in [-0.3, -0.25) is 9.89 Å². The number of benzene rings is 1. The van der Waals surface area contributed by atoms with Crippen molar-refractivity contribution >= 4 is 11.6 Å². The number of nitrogens with one attached hydrogen (secondary N) is 2. The molecule has 3 heterocycles. The van der Waals surface area contributed by atoms with Crippen LogP contribution in [0.3, 0.4) is 0 Å². The summed E-state index contributed by atoms with van der Waals surface area (Å²) < 4.78 is 17.0. The lowest BCUT2D eigenvalue weighted by atomic mass is 9.98. The Morgan fingerprint density at radius 2 is 1.94 bits per heavy atom. The van der Waals surface area contributed by atoms with Gasteiger partial charge in [-0.1, -0.05) is 0 Å². The van der Waals surface area contributed by atoms with E-state index in [9.17, 15) is 9.18 Å². The molecule has 8 nitrogen and oxygen atoms in total. The minimum atomic E-state index is -0.271. The van der Waals surface area contributed by atoms with E-state index in [0.717, 1.165) is 66.1 Å². The molecule has 1 aromatic carbocycles. The van der Waals surface area contributed by atoms with Gasteiger partial charge in [0.05, 0.1) is 5.69 Å². The minimum absolute atomic E-state index is 0.0344. The molecule has 174 valence electrons. The molecule has 0 spiro atoms. The maximum absolute atomic E-state index is 13.5. The monoisotopic (exact) mass is 459 g/mol. The number of halogens is 1. The van der Waals surface area contributed by atoms with Crippen LogP contribution in [-0.2, 0) is 19.4 Å². The van der Waals surface area contributed by atoms with E-state index in [4.69, 9.17) is 5.10 Å². The number of anilines is 2. The van der Waals surface area contributed by atoms with E-state index in [1.54, 1.807) is 18.2 Å². The van der Waals surface area contributed by atoms with Crippen molar-refractivity contribution in [2.75, 3.05) is 5.32 Å². The van der Waals surface area contributed by atoms with Gasteiger partial charge < -0.3 is 5.32 Å². The number of H-pyrrole nitrogens is 1. The maximum Gasteiger partial charge on any atom is 0.276 e. The first-order valence-corrected chi connectivity index (χ1v) is 11.8. The molecule has 2 aliphatic rings. The van der Waals surface area contributed by atoms with Crippen LogP contribution in [0.2, 0.25) is 0 Å². The summed E-state index contributed by atoms with van der Waals surface area (Å²) in [6.07, 6.45) is 7.67. The lowest BCUT2D eigenvalue weighted by Crippen LogP contribution is -2.19. The number of hydrogen-bond donors (Lipinski definition) is 2. The molecule has 0 saturated heterocycles. The molecule has 6 rings (SSSR count). The van der Waals surface area contributed by atoms with Gasteiger partial charge in [-0.2, -0.15) is 5.10 Å². The smallest absolute Gasteiger partial charge is 0.276 e. The van der Waals surface area contributed by atoms with Crippen LogP contribution in [0.5, 0.6) is 0 Å². The zero-order valence-electron chi connectivity index (χ0n) is 19.0. The number of rotatable bonds is 6. The minimum Gasteiger partial charge on any atom is -0.325 e. The molecule has 0 atom stereocenters. The summed E-state index contributed by atoms with van der Waals surface area (Å²) >= 11 is 0. The van der Waals surface area contributed by atoms with Gasteiger partial charge in [0.1, 0.15) is 23.8 Å². The molecule has 34 heavy (non-hydrogen) atoms. The second-order valence-corrected chi connectivity index (χ2v) is 9.26. The summed E-state index contributed by atoms with van der Waals surface area (Å²) in [4.78, 5) is 21.7. The van der Waals surface area contributed by atoms with Gasteiger partial charge in [0, 0.05) is 35.0 Å². The topological polar surface area (TPSA) is 93.4 Å². The van der Waals surface area contributed by atoms with E-state index in [2.05, 4.69) is 20.4 Å². The first kappa shape index (κ1) is 20.8. The van der Waals surface area contributed by atoms with Gasteiger partial charge in [-0.05, 0) is 75.6 Å². The number of fused-ring (bicyclic) bond motifs is 1. The quantitative estimate of drug-likeness (QED) is 0.448. The standard InChI is InChI=1S/C25H26FN7O/c1-15-23(17-8-10-18(26)11-9-17)31-32(13-16-6-7-16)24(15)29-21-12-22(28-14-27-21)33-25(34)19-4-2-3-5-20(19)30-33/h8-12,14,16,30H,2-7,13H2,1H3,(H,27,28,29). The summed E-state index contributed by atoms with van der Waals surface area (Å²) in [5.41, 5.74) is 4.47. The second-order valence-electron chi connectivity index (χ2n) is 9.26. The predicted molar refractivity (Wildman–Crippen MR) is 127 cm³/mol. The number of aromatic amines is 1. The molecular weight excluding hydrogens is 433 g/mol. The normalized spacial score (nSPS) is 15.4. The molecule has 1 saturated carbocycles.